The lowest BCUT2D eigenvalue weighted by molar-refractivity contribution is 0.408. The summed E-state index contributed by atoms with van der Waals surface area (Å²) in [5.41, 5.74) is 5.13. The molecule has 1 aromatic rings. The lowest BCUT2D eigenvalue weighted by atomic mass is 9.94. The summed E-state index contributed by atoms with van der Waals surface area (Å²) in [6.07, 6.45) is 2.16. The summed E-state index contributed by atoms with van der Waals surface area (Å²) in [6, 6.07) is 6.26. The minimum atomic E-state index is 0.142. The van der Waals surface area contributed by atoms with E-state index in [1.807, 2.05) is 13.0 Å². The van der Waals surface area contributed by atoms with Crippen LogP contribution in [0.2, 0.25) is 5.02 Å². The molecule has 0 heterocycles. The van der Waals surface area contributed by atoms with E-state index in [-0.39, 0.29) is 6.04 Å². The van der Waals surface area contributed by atoms with Crippen LogP contribution in [0.1, 0.15) is 43.9 Å². The van der Waals surface area contributed by atoms with Crippen molar-refractivity contribution in [3.63, 3.8) is 0 Å². The van der Waals surface area contributed by atoms with Gasteiger partial charge < -0.3 is 0 Å². The Balaban J connectivity index is 2.86. The van der Waals surface area contributed by atoms with Gasteiger partial charge in [-0.05, 0) is 36.5 Å². The lowest BCUT2D eigenvalue weighted by Crippen LogP contribution is -2.29. The van der Waals surface area contributed by atoms with Crippen LogP contribution >= 0.6 is 11.6 Å². The van der Waals surface area contributed by atoms with Gasteiger partial charge in [0.1, 0.15) is 0 Å². The van der Waals surface area contributed by atoms with Crippen molar-refractivity contribution in [2.24, 2.45) is 11.8 Å². The van der Waals surface area contributed by atoms with Crippen molar-refractivity contribution >= 4 is 11.6 Å². The summed E-state index contributed by atoms with van der Waals surface area (Å²) in [6.45, 7) is 6.45. The molecule has 2 unspecified atom stereocenters. The van der Waals surface area contributed by atoms with Crippen molar-refractivity contribution in [2.75, 3.05) is 0 Å². The fraction of sp³-hybridized carbons (Fsp3) is 0.538. The quantitative estimate of drug-likeness (QED) is 0.610. The smallest absolute Gasteiger partial charge is 0.0477 e. The molecule has 3 heteroatoms. The molecule has 0 saturated heterocycles. The summed E-state index contributed by atoms with van der Waals surface area (Å²) >= 11 is 6.23. The lowest BCUT2D eigenvalue weighted by Gasteiger charge is -2.21. The number of rotatable bonds is 5. The molecule has 16 heavy (non-hydrogen) atoms. The van der Waals surface area contributed by atoms with E-state index in [9.17, 15) is 0 Å². The molecule has 1 rings (SSSR count). The molecule has 3 N–H and O–H groups in total. The molecule has 0 bridgehead atoms. The molecule has 90 valence electrons. The third-order valence-corrected chi connectivity index (χ3v) is 3.39. The van der Waals surface area contributed by atoms with Crippen LogP contribution in [0.5, 0.6) is 0 Å². The Morgan fingerprint density at radius 1 is 1.44 bits per heavy atom. The first-order chi connectivity index (χ1) is 7.58. The van der Waals surface area contributed by atoms with Crippen molar-refractivity contribution in [2.45, 2.75) is 39.7 Å². The SMILES string of the molecule is CCC(C)CC(NN)c1ccc(C)cc1Cl. The average Bonchev–Trinajstić information content (AvgIpc) is 2.26. The Morgan fingerprint density at radius 2 is 2.12 bits per heavy atom. The van der Waals surface area contributed by atoms with Crippen LogP contribution < -0.4 is 11.3 Å². The van der Waals surface area contributed by atoms with Gasteiger partial charge in [-0.25, -0.2) is 0 Å². The zero-order valence-corrected chi connectivity index (χ0v) is 11.0. The number of hydrazine groups is 1. The number of halogens is 1. The van der Waals surface area contributed by atoms with Crippen molar-refractivity contribution in [1.82, 2.24) is 5.43 Å². The first-order valence-corrected chi connectivity index (χ1v) is 6.18. The van der Waals surface area contributed by atoms with Gasteiger partial charge in [0.05, 0.1) is 0 Å². The molecule has 0 radical (unpaired) electrons. The minimum absolute atomic E-state index is 0.142. The van der Waals surface area contributed by atoms with Gasteiger partial charge >= 0.3 is 0 Å². The third kappa shape index (κ3) is 3.48. The molecule has 2 nitrogen and oxygen atoms in total. The molecule has 0 aliphatic heterocycles. The number of hydrogen-bond donors (Lipinski definition) is 2. The minimum Gasteiger partial charge on any atom is -0.271 e. The van der Waals surface area contributed by atoms with Gasteiger partial charge in [-0.2, -0.15) is 0 Å². The van der Waals surface area contributed by atoms with E-state index in [0.29, 0.717) is 5.92 Å². The maximum absolute atomic E-state index is 6.23. The maximum Gasteiger partial charge on any atom is 0.0477 e. The summed E-state index contributed by atoms with van der Waals surface area (Å²) < 4.78 is 0. The molecule has 0 aliphatic rings. The average molecular weight is 241 g/mol. The van der Waals surface area contributed by atoms with E-state index in [2.05, 4.69) is 31.4 Å². The van der Waals surface area contributed by atoms with Gasteiger partial charge in [0.2, 0.25) is 0 Å². The highest BCUT2D eigenvalue weighted by molar-refractivity contribution is 6.31. The standard InChI is InChI=1S/C13H21ClN2/c1-4-9(2)8-13(16-15)11-6-5-10(3)7-12(11)14/h5-7,9,13,16H,4,8,15H2,1-3H3. The van der Waals surface area contributed by atoms with Crippen LogP contribution in [0.4, 0.5) is 0 Å². The van der Waals surface area contributed by atoms with Crippen molar-refractivity contribution in [3.05, 3.63) is 34.3 Å². The van der Waals surface area contributed by atoms with Crippen LogP contribution in [0, 0.1) is 12.8 Å². The highest BCUT2D eigenvalue weighted by Gasteiger charge is 2.15. The second-order valence-corrected chi connectivity index (χ2v) is 4.90. The molecular weight excluding hydrogens is 220 g/mol. The van der Waals surface area contributed by atoms with Crippen molar-refractivity contribution in [1.29, 1.82) is 0 Å². The van der Waals surface area contributed by atoms with E-state index in [0.717, 1.165) is 23.4 Å². The molecule has 0 amide bonds. The zero-order chi connectivity index (χ0) is 12.1. The van der Waals surface area contributed by atoms with Crippen molar-refractivity contribution in [3.8, 4) is 0 Å². The predicted molar refractivity (Wildman–Crippen MR) is 70.3 cm³/mol. The van der Waals surface area contributed by atoms with Gasteiger partial charge in [0.25, 0.3) is 0 Å². The van der Waals surface area contributed by atoms with Crippen LogP contribution in [-0.2, 0) is 0 Å². The van der Waals surface area contributed by atoms with Gasteiger partial charge in [-0.1, -0.05) is 44.0 Å². The van der Waals surface area contributed by atoms with Crippen LogP contribution in [-0.4, -0.2) is 0 Å². The van der Waals surface area contributed by atoms with E-state index >= 15 is 0 Å². The second-order valence-electron chi connectivity index (χ2n) is 4.49. The first-order valence-electron chi connectivity index (χ1n) is 5.80. The molecule has 2 atom stereocenters. The van der Waals surface area contributed by atoms with Gasteiger partial charge in [0.15, 0.2) is 0 Å². The molecule has 1 aromatic carbocycles. The van der Waals surface area contributed by atoms with E-state index < -0.39 is 0 Å². The van der Waals surface area contributed by atoms with E-state index in [1.165, 1.54) is 5.56 Å². The summed E-state index contributed by atoms with van der Waals surface area (Å²) in [4.78, 5) is 0. The molecule has 0 aliphatic carbocycles. The third-order valence-electron chi connectivity index (χ3n) is 3.07. The summed E-state index contributed by atoms with van der Waals surface area (Å²) in [7, 11) is 0. The molecule has 0 spiro atoms. The van der Waals surface area contributed by atoms with Crippen LogP contribution in [0.15, 0.2) is 18.2 Å². The summed E-state index contributed by atoms with van der Waals surface area (Å²) in [5.74, 6) is 6.24. The number of benzene rings is 1. The van der Waals surface area contributed by atoms with Crippen molar-refractivity contribution < 1.29 is 0 Å². The Morgan fingerprint density at radius 3 is 2.62 bits per heavy atom. The maximum atomic E-state index is 6.23. The predicted octanol–water partition coefficient (Wildman–Crippen LogP) is 3.59. The zero-order valence-electron chi connectivity index (χ0n) is 10.3. The monoisotopic (exact) mass is 240 g/mol. The highest BCUT2D eigenvalue weighted by atomic mass is 35.5. The van der Waals surface area contributed by atoms with E-state index in [1.54, 1.807) is 0 Å². The topological polar surface area (TPSA) is 38.0 Å². The van der Waals surface area contributed by atoms with Gasteiger partial charge in [-0.3, -0.25) is 11.3 Å². The number of aryl methyl sites for hydroxylation is 1. The molecular formula is C13H21ClN2. The molecule has 0 fully saturated rings. The normalized spacial score (nSPS) is 14.8. The Kier molecular flexibility index (Phi) is 5.26. The Bertz CT molecular complexity index is 339. The fourth-order valence-electron chi connectivity index (χ4n) is 1.77. The van der Waals surface area contributed by atoms with Crippen LogP contribution in [0.3, 0.4) is 0 Å². The number of hydrogen-bond acceptors (Lipinski definition) is 2. The molecule has 0 aromatic heterocycles. The first kappa shape index (κ1) is 13.5. The number of nitrogens with two attached hydrogens (primary N) is 1. The second kappa shape index (κ2) is 6.24. The number of nitrogens with one attached hydrogen (secondary N) is 1. The fourth-order valence-corrected chi connectivity index (χ4v) is 2.14. The van der Waals surface area contributed by atoms with Gasteiger partial charge in [-0.15, -0.1) is 0 Å². The Hall–Kier alpha value is -0.570. The Labute approximate surface area is 103 Å². The molecule has 0 saturated carbocycles. The largest absolute Gasteiger partial charge is 0.271 e. The van der Waals surface area contributed by atoms with E-state index in [4.69, 9.17) is 17.4 Å². The highest BCUT2D eigenvalue weighted by Crippen LogP contribution is 2.28. The van der Waals surface area contributed by atoms with Crippen LogP contribution in [0.25, 0.3) is 0 Å². The summed E-state index contributed by atoms with van der Waals surface area (Å²) in [5, 5.41) is 0.797. The van der Waals surface area contributed by atoms with Gasteiger partial charge in [0, 0.05) is 11.1 Å².